The summed E-state index contributed by atoms with van der Waals surface area (Å²) in [6.07, 6.45) is 5.20. The second-order valence-corrected chi connectivity index (χ2v) is 11.5. The van der Waals surface area contributed by atoms with Crippen molar-refractivity contribution in [2.24, 2.45) is 10.8 Å². The number of nitrogens with one attached hydrogen (secondary N) is 1. The summed E-state index contributed by atoms with van der Waals surface area (Å²) in [6, 6.07) is 13.9. The van der Waals surface area contributed by atoms with E-state index in [0.717, 1.165) is 49.1 Å². The van der Waals surface area contributed by atoms with Crippen molar-refractivity contribution in [1.82, 2.24) is 10.2 Å². The Bertz CT molecular complexity index is 1340. The van der Waals surface area contributed by atoms with Crippen molar-refractivity contribution in [1.29, 1.82) is 0 Å². The van der Waals surface area contributed by atoms with Gasteiger partial charge in [0.1, 0.15) is 17.1 Å². The van der Waals surface area contributed by atoms with Crippen LogP contribution in [-0.4, -0.2) is 51.9 Å². The maximum Gasteiger partial charge on any atom is 0.234 e. The van der Waals surface area contributed by atoms with Gasteiger partial charge in [-0.3, -0.25) is 9.69 Å². The molecule has 3 fully saturated rings. The lowest BCUT2D eigenvalue weighted by molar-refractivity contribution is -0.173. The zero-order valence-corrected chi connectivity index (χ0v) is 19.9. The van der Waals surface area contributed by atoms with Crippen molar-refractivity contribution in [3.05, 3.63) is 70.8 Å². The Hall–Kier alpha value is -2.83. The maximum atomic E-state index is 13.9. The summed E-state index contributed by atoms with van der Waals surface area (Å²) in [5.41, 5.74) is 1.26. The van der Waals surface area contributed by atoms with E-state index >= 15 is 0 Å². The van der Waals surface area contributed by atoms with Crippen molar-refractivity contribution in [2.75, 3.05) is 13.1 Å². The Morgan fingerprint density at radius 2 is 2.06 bits per heavy atom. The number of carbonyl (C=O) groups is 1. The molecule has 2 saturated carbocycles. The number of aromatic hydroxyl groups is 1. The summed E-state index contributed by atoms with van der Waals surface area (Å²) < 4.78 is 6.56. The molecule has 3 N–H and O–H groups in total. The third kappa shape index (κ3) is 1.93. The number of piperidine rings is 1. The Morgan fingerprint density at radius 3 is 2.86 bits per heavy atom. The number of rotatable bonds is 5. The second kappa shape index (κ2) is 6.11. The predicted octanol–water partition coefficient (Wildman–Crippen LogP) is 2.81. The van der Waals surface area contributed by atoms with Gasteiger partial charge in [0.05, 0.1) is 5.41 Å². The average Bonchev–Trinajstić information content (AvgIpc) is 3.16. The van der Waals surface area contributed by atoms with Crippen molar-refractivity contribution in [3.63, 3.8) is 0 Å². The molecule has 1 saturated heterocycles. The van der Waals surface area contributed by atoms with Crippen LogP contribution >= 0.6 is 0 Å². The first kappa shape index (κ1) is 20.4. The van der Waals surface area contributed by atoms with Gasteiger partial charge >= 0.3 is 0 Å². The topological polar surface area (TPSA) is 82.0 Å². The molecule has 2 aromatic carbocycles. The lowest BCUT2D eigenvalue weighted by Gasteiger charge is -2.66. The number of benzene rings is 2. The van der Waals surface area contributed by atoms with Gasteiger partial charge in [-0.2, -0.15) is 0 Å². The molecule has 0 aromatic heterocycles. The highest BCUT2D eigenvalue weighted by atomic mass is 16.5. The van der Waals surface area contributed by atoms with E-state index in [1.807, 2.05) is 36.4 Å². The summed E-state index contributed by atoms with van der Waals surface area (Å²) in [4.78, 5) is 16.5. The van der Waals surface area contributed by atoms with Crippen LogP contribution in [0.5, 0.6) is 11.5 Å². The molecule has 35 heavy (non-hydrogen) atoms. The van der Waals surface area contributed by atoms with Gasteiger partial charge in [-0.05, 0) is 61.5 Å². The van der Waals surface area contributed by atoms with E-state index in [4.69, 9.17) is 4.74 Å². The molecule has 0 radical (unpaired) electrons. The van der Waals surface area contributed by atoms with E-state index in [9.17, 15) is 15.0 Å². The summed E-state index contributed by atoms with van der Waals surface area (Å²) >= 11 is 0. The Morgan fingerprint density at radius 1 is 1.23 bits per heavy atom. The third-order valence-corrected chi connectivity index (χ3v) is 10.4. The molecular formula is C29H30N2O4. The van der Waals surface area contributed by atoms with Crippen LogP contribution in [0, 0.1) is 10.8 Å². The number of nitrogens with zero attached hydrogens (tertiary/aromatic N) is 1. The first-order valence-electron chi connectivity index (χ1n) is 13.0. The third-order valence-electron chi connectivity index (χ3n) is 10.4. The molecule has 7 aliphatic rings. The van der Waals surface area contributed by atoms with Crippen LogP contribution in [0.2, 0.25) is 0 Å². The number of carbonyl (C=O) groups excluding carboxylic acids is 1. The van der Waals surface area contributed by atoms with Crippen LogP contribution in [0.1, 0.15) is 42.9 Å². The van der Waals surface area contributed by atoms with Gasteiger partial charge in [0, 0.05) is 23.6 Å². The fourth-order valence-corrected chi connectivity index (χ4v) is 9.19. The van der Waals surface area contributed by atoms with Gasteiger partial charge < -0.3 is 20.3 Å². The zero-order chi connectivity index (χ0) is 23.8. The van der Waals surface area contributed by atoms with Crippen LogP contribution in [0.25, 0.3) is 0 Å². The Kier molecular flexibility index (Phi) is 3.55. The normalized spacial score (nSPS) is 40.6. The van der Waals surface area contributed by atoms with E-state index in [1.54, 1.807) is 6.07 Å². The minimum atomic E-state index is -1.33. The van der Waals surface area contributed by atoms with Crippen molar-refractivity contribution in [3.8, 4) is 11.5 Å². The molecule has 5 aliphatic carbocycles. The predicted molar refractivity (Wildman–Crippen MR) is 129 cm³/mol. The van der Waals surface area contributed by atoms with Gasteiger partial charge in [0.25, 0.3) is 0 Å². The van der Waals surface area contributed by atoms with Gasteiger partial charge in [-0.15, -0.1) is 0 Å². The fourth-order valence-electron chi connectivity index (χ4n) is 9.19. The number of ether oxygens (including phenoxy) is 1. The molecule has 180 valence electrons. The first-order valence-corrected chi connectivity index (χ1v) is 13.0. The lowest BCUT2D eigenvalue weighted by atomic mass is 9.41. The van der Waals surface area contributed by atoms with Gasteiger partial charge in [0.15, 0.2) is 11.5 Å². The standard InChI is InChI=1S/C29H30N2O4/c1-2-11-31-12-10-27-22-18-8-9-19(32)23(22)35-24(27)29(34)20-14-26(27,21(31)13-18)16-28(20,29)25(33)30-15-17-6-4-3-5-7-17/h3-9,14,21,24,32,34H,2,10-13,15-16H2,1H3,(H,30,33)/t21?,24-,26-,27+,28-,29+/m1/s1. The van der Waals surface area contributed by atoms with Gasteiger partial charge in [-0.25, -0.2) is 0 Å². The summed E-state index contributed by atoms with van der Waals surface area (Å²) in [7, 11) is 0. The number of hydrogen-bond acceptors (Lipinski definition) is 5. The van der Waals surface area contributed by atoms with E-state index in [2.05, 4.69) is 23.2 Å². The van der Waals surface area contributed by atoms with Gasteiger partial charge in [0.2, 0.25) is 5.91 Å². The van der Waals surface area contributed by atoms with Crippen molar-refractivity contribution in [2.45, 2.75) is 62.3 Å². The molecule has 1 unspecified atom stereocenters. The minimum Gasteiger partial charge on any atom is -0.504 e. The average molecular weight is 471 g/mol. The molecule has 2 aromatic rings. The van der Waals surface area contributed by atoms with Crippen LogP contribution in [0.3, 0.4) is 0 Å². The number of hydrogen-bond donors (Lipinski definition) is 3. The lowest BCUT2D eigenvalue weighted by Crippen LogP contribution is -2.75. The molecule has 6 atom stereocenters. The maximum absolute atomic E-state index is 13.9. The molecule has 6 nitrogen and oxygen atoms in total. The zero-order valence-electron chi connectivity index (χ0n) is 19.9. The van der Waals surface area contributed by atoms with E-state index in [0.29, 0.717) is 18.7 Å². The first-order chi connectivity index (χ1) is 16.9. The largest absolute Gasteiger partial charge is 0.504 e. The Labute approximate surface area is 204 Å². The second-order valence-electron chi connectivity index (χ2n) is 11.5. The highest BCUT2D eigenvalue weighted by Gasteiger charge is 2.95. The molecule has 6 heteroatoms. The molecule has 9 rings (SSSR count). The molecule has 2 heterocycles. The highest BCUT2D eigenvalue weighted by molar-refractivity contribution is 5.99. The highest BCUT2D eigenvalue weighted by Crippen LogP contribution is 2.87. The molecule has 2 spiro atoms. The van der Waals surface area contributed by atoms with E-state index in [1.165, 1.54) is 5.56 Å². The van der Waals surface area contributed by atoms with E-state index < -0.39 is 22.5 Å². The number of phenols is 1. The van der Waals surface area contributed by atoms with Crippen LogP contribution in [0.4, 0.5) is 0 Å². The SMILES string of the molecule is CCCN1CC[C@]23c4c5ccc(O)c4O[C@H]2[C@@]2(O)C4=C[C@@]3(C[C@]42C(=O)NCc2ccccc2)C1C5. The van der Waals surface area contributed by atoms with E-state index in [-0.39, 0.29) is 23.1 Å². The number of likely N-dealkylation sites (tertiary alicyclic amines) is 1. The fraction of sp³-hybridized carbons (Fsp3) is 0.483. The molecule has 6 bridgehead atoms. The summed E-state index contributed by atoms with van der Waals surface area (Å²) in [6.45, 7) is 4.63. The van der Waals surface area contributed by atoms with Crippen molar-refractivity contribution >= 4 is 5.91 Å². The quantitative estimate of drug-likeness (QED) is 0.586. The number of phenolic OH excluding ortho intramolecular Hbond substituents is 1. The monoisotopic (exact) mass is 470 g/mol. The molecular weight excluding hydrogens is 440 g/mol. The molecule has 2 aliphatic heterocycles. The number of amides is 1. The van der Waals surface area contributed by atoms with Crippen LogP contribution < -0.4 is 10.1 Å². The summed E-state index contributed by atoms with van der Waals surface area (Å²) in [5, 5.41) is 26.2. The Balaban J connectivity index is 1.27. The smallest absolute Gasteiger partial charge is 0.234 e. The van der Waals surface area contributed by atoms with Crippen molar-refractivity contribution < 1.29 is 19.7 Å². The van der Waals surface area contributed by atoms with Gasteiger partial charge in [-0.1, -0.05) is 49.4 Å². The van der Waals surface area contributed by atoms with Crippen LogP contribution in [-0.2, 0) is 23.2 Å². The van der Waals surface area contributed by atoms with Crippen LogP contribution in [0.15, 0.2) is 54.1 Å². The minimum absolute atomic E-state index is 0.100. The molecule has 1 amide bonds. The number of aliphatic hydroxyl groups is 1. The summed E-state index contributed by atoms with van der Waals surface area (Å²) in [5.74, 6) is 0.578.